The third-order valence-corrected chi connectivity index (χ3v) is 5.23. The molecule has 0 saturated heterocycles. The number of thioether (sulfide) groups is 1. The number of nitrogens with zero attached hydrogens (tertiary/aromatic N) is 3. The van der Waals surface area contributed by atoms with Crippen molar-refractivity contribution in [3.8, 4) is 11.3 Å². The summed E-state index contributed by atoms with van der Waals surface area (Å²) in [6.45, 7) is 1.89. The Balaban J connectivity index is 2.07. The van der Waals surface area contributed by atoms with Crippen molar-refractivity contribution in [3.05, 3.63) is 54.6 Å². The van der Waals surface area contributed by atoms with Gasteiger partial charge in [0.1, 0.15) is 10.7 Å². The van der Waals surface area contributed by atoms with E-state index in [0.717, 1.165) is 33.1 Å². The van der Waals surface area contributed by atoms with Crippen LogP contribution in [0.15, 0.2) is 59.6 Å². The summed E-state index contributed by atoms with van der Waals surface area (Å²) >= 11 is 1.28. The number of hydrogen-bond acceptors (Lipinski definition) is 3. The predicted molar refractivity (Wildman–Crippen MR) is 98.3 cm³/mol. The van der Waals surface area contributed by atoms with Gasteiger partial charge in [0, 0.05) is 19.0 Å². The lowest BCUT2D eigenvalue weighted by atomic mass is 10.2. The van der Waals surface area contributed by atoms with Crippen molar-refractivity contribution in [2.24, 2.45) is 7.05 Å². The molecule has 0 unspecified atom stereocenters. The van der Waals surface area contributed by atoms with Gasteiger partial charge >= 0.3 is 0 Å². The normalized spacial score (nSPS) is 11.4. The molecule has 2 heterocycles. The molecule has 0 spiro atoms. The monoisotopic (exact) mass is 335 g/mol. The second-order valence-corrected chi connectivity index (χ2v) is 6.69. The molecular formula is C19H17N3OS. The first-order valence-electron chi connectivity index (χ1n) is 7.92. The highest BCUT2D eigenvalue weighted by Gasteiger charge is 2.21. The Hall–Kier alpha value is -2.53. The molecule has 0 aliphatic rings. The van der Waals surface area contributed by atoms with Gasteiger partial charge in [0.05, 0.1) is 11.0 Å². The number of carbonyl (C=O) groups is 1. The summed E-state index contributed by atoms with van der Waals surface area (Å²) in [5, 5.41) is 1.03. The zero-order valence-electron chi connectivity index (χ0n) is 13.6. The minimum absolute atomic E-state index is 0.141. The van der Waals surface area contributed by atoms with Gasteiger partial charge in [0.25, 0.3) is 0 Å². The summed E-state index contributed by atoms with van der Waals surface area (Å²) in [4.78, 5) is 17.0. The van der Waals surface area contributed by atoms with Crippen LogP contribution in [0, 0.1) is 0 Å². The van der Waals surface area contributed by atoms with Crippen LogP contribution < -0.4 is 0 Å². The van der Waals surface area contributed by atoms with E-state index in [2.05, 4.69) is 21.1 Å². The maximum atomic E-state index is 12.2. The average molecular weight is 335 g/mol. The van der Waals surface area contributed by atoms with Crippen LogP contribution in [0.2, 0.25) is 0 Å². The molecule has 24 heavy (non-hydrogen) atoms. The van der Waals surface area contributed by atoms with Gasteiger partial charge in [-0.2, -0.15) is 0 Å². The highest BCUT2D eigenvalue weighted by Crippen LogP contribution is 2.36. The fourth-order valence-corrected chi connectivity index (χ4v) is 3.83. The van der Waals surface area contributed by atoms with Crippen LogP contribution in [0.5, 0.6) is 0 Å². The van der Waals surface area contributed by atoms with Crippen molar-refractivity contribution in [1.29, 1.82) is 0 Å². The molecule has 0 aliphatic heterocycles. The standard InChI is InChI=1S/C19H17N3OS/c1-3-16(23)24-18-17(13-9-5-4-6-10-13)20-19-21(2)14-11-7-8-12-15(14)22(18)19/h4-12H,3H2,1-2H3. The average Bonchev–Trinajstić information content (AvgIpc) is 3.13. The molecule has 4 aromatic rings. The second-order valence-electron chi connectivity index (χ2n) is 5.64. The van der Waals surface area contributed by atoms with E-state index in [1.54, 1.807) is 0 Å². The van der Waals surface area contributed by atoms with Crippen molar-refractivity contribution in [2.75, 3.05) is 0 Å². The molecule has 120 valence electrons. The summed E-state index contributed by atoms with van der Waals surface area (Å²) < 4.78 is 4.16. The number of rotatable bonds is 3. The van der Waals surface area contributed by atoms with Crippen LogP contribution in [0.3, 0.4) is 0 Å². The fraction of sp³-hybridized carbons (Fsp3) is 0.158. The number of benzene rings is 2. The van der Waals surface area contributed by atoms with Gasteiger partial charge < -0.3 is 4.57 Å². The van der Waals surface area contributed by atoms with E-state index in [4.69, 9.17) is 4.98 Å². The number of aromatic nitrogens is 3. The van der Waals surface area contributed by atoms with E-state index in [1.807, 2.05) is 56.4 Å². The first-order chi connectivity index (χ1) is 11.7. The van der Waals surface area contributed by atoms with E-state index in [0.29, 0.717) is 6.42 Å². The quantitative estimate of drug-likeness (QED) is 0.517. The van der Waals surface area contributed by atoms with E-state index < -0.39 is 0 Å². The highest BCUT2D eigenvalue weighted by molar-refractivity contribution is 8.13. The third kappa shape index (κ3) is 2.24. The molecule has 0 atom stereocenters. The number of imidazole rings is 2. The maximum absolute atomic E-state index is 12.2. The summed E-state index contributed by atoms with van der Waals surface area (Å²) in [6, 6.07) is 18.2. The lowest BCUT2D eigenvalue weighted by Crippen LogP contribution is -1.92. The van der Waals surface area contributed by atoms with E-state index in [1.165, 1.54) is 11.8 Å². The first kappa shape index (κ1) is 15.0. The Morgan fingerprint density at radius 1 is 1.04 bits per heavy atom. The van der Waals surface area contributed by atoms with Crippen LogP contribution in [0.4, 0.5) is 0 Å². The molecule has 2 aromatic heterocycles. The fourth-order valence-electron chi connectivity index (χ4n) is 2.94. The molecule has 0 bridgehead atoms. The minimum atomic E-state index is 0.141. The Bertz CT molecular complexity index is 1050. The molecule has 0 saturated carbocycles. The number of fused-ring (bicyclic) bond motifs is 3. The van der Waals surface area contributed by atoms with Gasteiger partial charge in [-0.25, -0.2) is 4.98 Å². The van der Waals surface area contributed by atoms with Gasteiger partial charge in [0.15, 0.2) is 5.12 Å². The van der Waals surface area contributed by atoms with Crippen LogP contribution in [0.1, 0.15) is 13.3 Å². The van der Waals surface area contributed by atoms with E-state index in [-0.39, 0.29) is 5.12 Å². The van der Waals surface area contributed by atoms with Crippen molar-refractivity contribution in [3.63, 3.8) is 0 Å². The first-order valence-corrected chi connectivity index (χ1v) is 8.74. The van der Waals surface area contributed by atoms with Gasteiger partial charge in [-0.05, 0) is 23.9 Å². The third-order valence-electron chi connectivity index (χ3n) is 4.15. The number of para-hydroxylation sites is 2. The SMILES string of the molecule is CCC(=O)Sc1c(-c2ccccc2)nc2n(C)c3ccccc3n12. The molecule has 2 aromatic carbocycles. The van der Waals surface area contributed by atoms with Crippen LogP contribution in [-0.2, 0) is 11.8 Å². The minimum Gasteiger partial charge on any atom is -0.313 e. The summed E-state index contributed by atoms with van der Waals surface area (Å²) in [7, 11) is 2.01. The Labute approximate surface area is 144 Å². The number of aryl methyl sites for hydroxylation is 1. The Kier molecular flexibility index (Phi) is 3.65. The summed E-state index contributed by atoms with van der Waals surface area (Å²) in [5.74, 6) is 0.849. The topological polar surface area (TPSA) is 39.3 Å². The van der Waals surface area contributed by atoms with E-state index >= 15 is 0 Å². The highest BCUT2D eigenvalue weighted by atomic mass is 32.2. The second kappa shape index (κ2) is 5.83. The van der Waals surface area contributed by atoms with Crippen LogP contribution in [0.25, 0.3) is 28.1 Å². The van der Waals surface area contributed by atoms with Crippen LogP contribution in [-0.4, -0.2) is 19.1 Å². The van der Waals surface area contributed by atoms with Gasteiger partial charge in [-0.15, -0.1) is 0 Å². The van der Waals surface area contributed by atoms with Gasteiger partial charge in [0.2, 0.25) is 5.78 Å². The molecule has 4 rings (SSSR count). The molecule has 4 nitrogen and oxygen atoms in total. The molecule has 0 radical (unpaired) electrons. The Morgan fingerprint density at radius 3 is 2.42 bits per heavy atom. The van der Waals surface area contributed by atoms with Gasteiger partial charge in [-0.3, -0.25) is 9.20 Å². The molecule has 0 aliphatic carbocycles. The predicted octanol–water partition coefficient (Wildman–Crippen LogP) is 4.52. The zero-order chi connectivity index (χ0) is 16.7. The van der Waals surface area contributed by atoms with Crippen molar-refractivity contribution in [1.82, 2.24) is 14.0 Å². The van der Waals surface area contributed by atoms with E-state index in [9.17, 15) is 4.79 Å². The summed E-state index contributed by atoms with van der Waals surface area (Å²) in [6.07, 6.45) is 0.497. The zero-order valence-corrected chi connectivity index (χ0v) is 14.4. The maximum Gasteiger partial charge on any atom is 0.216 e. The van der Waals surface area contributed by atoms with Crippen molar-refractivity contribution >= 4 is 33.7 Å². The van der Waals surface area contributed by atoms with Gasteiger partial charge in [-0.1, -0.05) is 49.4 Å². The lowest BCUT2D eigenvalue weighted by Gasteiger charge is -2.03. The molecule has 0 amide bonds. The smallest absolute Gasteiger partial charge is 0.216 e. The Morgan fingerprint density at radius 2 is 1.71 bits per heavy atom. The molecule has 0 fully saturated rings. The molecule has 5 heteroatoms. The summed E-state index contributed by atoms with van der Waals surface area (Å²) in [5.41, 5.74) is 4.05. The molecule has 0 N–H and O–H groups in total. The largest absolute Gasteiger partial charge is 0.313 e. The van der Waals surface area contributed by atoms with Crippen molar-refractivity contribution < 1.29 is 4.79 Å². The van der Waals surface area contributed by atoms with Crippen LogP contribution >= 0.6 is 11.8 Å². The van der Waals surface area contributed by atoms with Crippen molar-refractivity contribution in [2.45, 2.75) is 18.4 Å². The number of carbonyl (C=O) groups excluding carboxylic acids is 1. The number of hydrogen-bond donors (Lipinski definition) is 0. The molecular weight excluding hydrogens is 318 g/mol. The lowest BCUT2D eigenvalue weighted by molar-refractivity contribution is -0.110.